The summed E-state index contributed by atoms with van der Waals surface area (Å²) in [6, 6.07) is -0.741. The molecule has 1 N–H and O–H groups in total. The minimum Gasteiger partial charge on any atom is -1.00 e. The molecule has 0 aliphatic heterocycles. The Balaban J connectivity index is 0.00000289. The summed E-state index contributed by atoms with van der Waals surface area (Å²) >= 11 is 0. The van der Waals surface area contributed by atoms with Crippen molar-refractivity contribution in [1.29, 1.82) is 0 Å². The molecule has 0 amide bonds. The number of hydrogen-bond acceptors (Lipinski definition) is 5. The number of rotatable bonds is 6. The van der Waals surface area contributed by atoms with E-state index in [1.165, 1.54) is 13.1 Å². The molecular weight excluding hydrogens is 264 g/mol. The van der Waals surface area contributed by atoms with Crippen molar-refractivity contribution in [3.8, 4) is 0 Å². The summed E-state index contributed by atoms with van der Waals surface area (Å²) in [4.78, 5) is 9.98. The normalized spacial score (nSPS) is 12.3. The van der Waals surface area contributed by atoms with E-state index >= 15 is 0 Å². The minimum atomic E-state index is -0.741. The Bertz CT molecular complexity index is 421. The van der Waals surface area contributed by atoms with Gasteiger partial charge in [0.2, 0.25) is 6.04 Å². The van der Waals surface area contributed by atoms with Gasteiger partial charge in [0.05, 0.1) is 7.05 Å². The van der Waals surface area contributed by atoms with Crippen LogP contribution in [0.3, 0.4) is 0 Å². The number of oxime groups is 1. The van der Waals surface area contributed by atoms with Crippen LogP contribution in [0.25, 0.3) is 0 Å². The van der Waals surface area contributed by atoms with Crippen LogP contribution in [0, 0.1) is 10.1 Å². The summed E-state index contributed by atoms with van der Waals surface area (Å²) < 4.78 is 8.62. The first-order valence-corrected chi connectivity index (χ1v) is 4.99. The van der Waals surface area contributed by atoms with E-state index in [0.717, 1.165) is 0 Å². The van der Waals surface area contributed by atoms with Gasteiger partial charge in [0.15, 0.2) is 12.9 Å². The zero-order valence-corrected chi connectivity index (χ0v) is 10.8. The largest absolute Gasteiger partial charge is 1.00 e. The zero-order valence-electron chi connectivity index (χ0n) is 10.1. The number of imidazole rings is 1. The molecule has 1 aromatic rings. The number of aromatic nitrogens is 2. The molecule has 0 radical (unpaired) electrons. The Labute approximate surface area is 110 Å². The van der Waals surface area contributed by atoms with Crippen molar-refractivity contribution in [2.75, 3.05) is 6.61 Å². The van der Waals surface area contributed by atoms with Gasteiger partial charge in [0.25, 0.3) is 0 Å². The summed E-state index contributed by atoms with van der Waals surface area (Å²) in [5.41, 5.74) is 0. The number of ether oxygens (including phenoxy) is 1. The second-order valence-electron chi connectivity index (χ2n) is 3.62. The molecule has 1 heterocycles. The maximum Gasteiger partial charge on any atom is 0.305 e. The van der Waals surface area contributed by atoms with E-state index in [1.807, 2.05) is 0 Å². The lowest BCUT2D eigenvalue weighted by molar-refractivity contribution is -0.672. The highest BCUT2D eigenvalue weighted by Gasteiger charge is 2.16. The van der Waals surface area contributed by atoms with E-state index in [4.69, 9.17) is 9.94 Å². The first-order valence-electron chi connectivity index (χ1n) is 4.99. The smallest absolute Gasteiger partial charge is 0.305 e. The Morgan fingerprint density at radius 3 is 3.00 bits per heavy atom. The predicted octanol–water partition coefficient (Wildman–Crippen LogP) is -3.24. The van der Waals surface area contributed by atoms with Crippen molar-refractivity contribution >= 4 is 6.21 Å². The summed E-state index contributed by atoms with van der Waals surface area (Å²) in [6.45, 7) is 1.68. The molecule has 18 heavy (non-hydrogen) atoms. The molecule has 0 spiro atoms. The highest BCUT2D eigenvalue weighted by atomic mass is 35.5. The number of hydrogen-bond donors (Lipinski definition) is 1. The van der Waals surface area contributed by atoms with Crippen LogP contribution >= 0.6 is 0 Å². The molecule has 0 aliphatic rings. The Hall–Kier alpha value is -1.67. The fourth-order valence-electron chi connectivity index (χ4n) is 1.24. The van der Waals surface area contributed by atoms with Crippen molar-refractivity contribution in [1.82, 2.24) is 4.57 Å². The Kier molecular flexibility index (Phi) is 6.91. The molecule has 1 aromatic heterocycles. The van der Waals surface area contributed by atoms with Crippen molar-refractivity contribution in [2.24, 2.45) is 12.2 Å². The third-order valence-electron chi connectivity index (χ3n) is 2.25. The van der Waals surface area contributed by atoms with Crippen LogP contribution in [0.4, 0.5) is 0 Å². The molecule has 0 bridgehead atoms. The molecule has 9 heteroatoms. The second kappa shape index (κ2) is 7.62. The van der Waals surface area contributed by atoms with Crippen molar-refractivity contribution in [3.05, 3.63) is 28.3 Å². The van der Waals surface area contributed by atoms with Gasteiger partial charge < -0.3 is 22.4 Å². The number of halogens is 1. The number of aryl methyl sites for hydroxylation is 1. The average molecular weight is 279 g/mol. The first-order chi connectivity index (χ1) is 8.06. The molecule has 1 unspecified atom stereocenters. The molecule has 0 saturated heterocycles. The number of nitrogens with zero attached hydrogens (tertiary/aromatic N) is 4. The van der Waals surface area contributed by atoms with Crippen LogP contribution in [-0.4, -0.2) is 33.6 Å². The molecule has 1 rings (SSSR count). The maximum absolute atomic E-state index is 10.4. The van der Waals surface area contributed by atoms with Gasteiger partial charge in [-0.25, -0.2) is 9.13 Å². The van der Waals surface area contributed by atoms with Gasteiger partial charge in [-0.3, -0.25) is 10.1 Å². The second-order valence-corrected chi connectivity index (χ2v) is 3.62. The average Bonchev–Trinajstić information content (AvgIpc) is 2.61. The van der Waals surface area contributed by atoms with Crippen LogP contribution < -0.4 is 17.0 Å². The third kappa shape index (κ3) is 4.30. The maximum atomic E-state index is 10.4. The summed E-state index contributed by atoms with van der Waals surface area (Å²) in [7, 11) is 1.78. The molecule has 102 valence electrons. The van der Waals surface area contributed by atoms with Crippen LogP contribution in [-0.2, 0) is 18.5 Å². The SMILES string of the molecule is CC(COCn1cc[n+](C)c1/C=N/O)[N+](=O)[O-].[Cl-]. The zero-order chi connectivity index (χ0) is 12.8. The van der Waals surface area contributed by atoms with Crippen molar-refractivity contribution in [2.45, 2.75) is 19.7 Å². The van der Waals surface area contributed by atoms with E-state index in [-0.39, 0.29) is 25.7 Å². The molecule has 8 nitrogen and oxygen atoms in total. The van der Waals surface area contributed by atoms with Crippen LogP contribution in [0.5, 0.6) is 0 Å². The monoisotopic (exact) mass is 278 g/mol. The standard InChI is InChI=1S/C9H14N4O4.ClH/c1-8(13(15)16)6-17-7-12-4-3-11(2)9(12)5-10-14;/h3-5,8H,6-7H2,1-2H3;1H. The van der Waals surface area contributed by atoms with Crippen LogP contribution in [0.2, 0.25) is 0 Å². The molecule has 1 atom stereocenters. The molecule has 0 saturated carbocycles. The highest BCUT2D eigenvalue weighted by Crippen LogP contribution is 1.96. The van der Waals surface area contributed by atoms with E-state index < -0.39 is 11.0 Å². The lowest BCUT2D eigenvalue weighted by atomic mass is 10.4. The van der Waals surface area contributed by atoms with E-state index in [2.05, 4.69) is 5.16 Å². The summed E-state index contributed by atoms with van der Waals surface area (Å²) in [6.07, 6.45) is 4.76. The highest BCUT2D eigenvalue weighted by molar-refractivity contribution is 5.72. The van der Waals surface area contributed by atoms with E-state index in [1.54, 1.807) is 28.6 Å². The lowest BCUT2D eigenvalue weighted by Crippen LogP contribution is -3.00. The fourth-order valence-corrected chi connectivity index (χ4v) is 1.24. The van der Waals surface area contributed by atoms with Gasteiger partial charge >= 0.3 is 5.82 Å². The first kappa shape index (κ1) is 16.3. The Morgan fingerprint density at radius 2 is 2.44 bits per heavy atom. The van der Waals surface area contributed by atoms with Crippen LogP contribution in [0.1, 0.15) is 12.7 Å². The topological polar surface area (TPSA) is 93.8 Å². The lowest BCUT2D eigenvalue weighted by Gasteiger charge is -2.04. The van der Waals surface area contributed by atoms with Gasteiger partial charge in [0, 0.05) is 11.8 Å². The molecule has 0 aromatic carbocycles. The summed E-state index contributed by atoms with van der Waals surface area (Å²) in [5, 5.41) is 21.8. The van der Waals surface area contributed by atoms with Gasteiger partial charge in [-0.15, -0.1) is 0 Å². The van der Waals surface area contributed by atoms with Crippen molar-refractivity contribution < 1.29 is 31.8 Å². The van der Waals surface area contributed by atoms with Gasteiger partial charge in [-0.05, 0) is 0 Å². The molecule has 0 fully saturated rings. The predicted molar refractivity (Wildman–Crippen MR) is 57.4 cm³/mol. The number of nitro groups is 1. The summed E-state index contributed by atoms with van der Waals surface area (Å²) in [5.74, 6) is 0.626. The van der Waals surface area contributed by atoms with Gasteiger partial charge in [0.1, 0.15) is 19.0 Å². The molecular formula is C9H15ClN4O4. The quantitative estimate of drug-likeness (QED) is 0.195. The van der Waals surface area contributed by atoms with E-state index in [0.29, 0.717) is 5.82 Å². The van der Waals surface area contributed by atoms with Crippen molar-refractivity contribution in [3.63, 3.8) is 0 Å². The Morgan fingerprint density at radius 1 is 1.78 bits per heavy atom. The molecule has 0 aliphatic carbocycles. The fraction of sp³-hybridized carbons (Fsp3) is 0.556. The van der Waals surface area contributed by atoms with E-state index in [9.17, 15) is 10.1 Å². The van der Waals surface area contributed by atoms with Gasteiger partial charge in [-0.1, -0.05) is 5.16 Å². The van der Waals surface area contributed by atoms with Gasteiger partial charge in [-0.2, -0.15) is 0 Å². The third-order valence-corrected chi connectivity index (χ3v) is 2.25. The van der Waals surface area contributed by atoms with Crippen LogP contribution in [0.15, 0.2) is 17.5 Å². The minimum absolute atomic E-state index is 0.